The van der Waals surface area contributed by atoms with E-state index in [1.54, 1.807) is 0 Å². The Morgan fingerprint density at radius 1 is 1.30 bits per heavy atom. The molecule has 1 aromatic carbocycles. The molecule has 20 heavy (non-hydrogen) atoms. The molecule has 1 aromatic heterocycles. The van der Waals surface area contributed by atoms with Crippen LogP contribution < -0.4 is 5.32 Å². The van der Waals surface area contributed by atoms with E-state index >= 15 is 0 Å². The van der Waals surface area contributed by atoms with Crippen molar-refractivity contribution in [1.82, 2.24) is 20.5 Å². The number of hydrogen-bond acceptors (Lipinski definition) is 3. The number of nitrogens with one attached hydrogen (secondary N) is 2. The Balaban J connectivity index is 2.08. The molecule has 0 aliphatic carbocycles. The lowest BCUT2D eigenvalue weighted by molar-refractivity contribution is 0.420. The molecule has 108 valence electrons. The first-order chi connectivity index (χ1) is 9.70. The summed E-state index contributed by atoms with van der Waals surface area (Å²) in [6, 6.07) is 6.97. The van der Waals surface area contributed by atoms with E-state index in [4.69, 9.17) is 0 Å². The number of halogens is 1. The fraction of sp³-hybridized carbons (Fsp3) is 0.467. The van der Waals surface area contributed by atoms with Crippen LogP contribution in [0.25, 0.3) is 0 Å². The molecule has 2 rings (SSSR count). The second kappa shape index (κ2) is 7.14. The van der Waals surface area contributed by atoms with Crippen LogP contribution in [0, 0.1) is 5.82 Å². The third-order valence-electron chi connectivity index (χ3n) is 3.41. The highest BCUT2D eigenvalue weighted by Crippen LogP contribution is 2.23. The van der Waals surface area contributed by atoms with E-state index in [0.717, 1.165) is 30.7 Å². The van der Waals surface area contributed by atoms with Crippen molar-refractivity contribution in [1.29, 1.82) is 0 Å². The van der Waals surface area contributed by atoms with Gasteiger partial charge in [-0.3, -0.25) is 5.10 Å². The van der Waals surface area contributed by atoms with Crippen molar-refractivity contribution in [3.63, 3.8) is 0 Å². The summed E-state index contributed by atoms with van der Waals surface area (Å²) in [6.07, 6.45) is 4.78. The average molecular weight is 276 g/mol. The van der Waals surface area contributed by atoms with Crippen LogP contribution in [-0.4, -0.2) is 15.2 Å². The molecule has 2 N–H and O–H groups in total. The molecule has 0 saturated heterocycles. The van der Waals surface area contributed by atoms with Gasteiger partial charge in [-0.2, -0.15) is 5.10 Å². The summed E-state index contributed by atoms with van der Waals surface area (Å²) in [4.78, 5) is 4.17. The Kier molecular flexibility index (Phi) is 5.24. The molecular formula is C15H21FN4. The first-order valence-electron chi connectivity index (χ1n) is 7.07. The number of hydrogen-bond donors (Lipinski definition) is 2. The maximum Gasteiger partial charge on any atom is 0.141 e. The van der Waals surface area contributed by atoms with E-state index in [1.165, 1.54) is 18.5 Å². The summed E-state index contributed by atoms with van der Waals surface area (Å²) in [5.74, 6) is 0.611. The molecule has 0 amide bonds. The molecule has 0 radical (unpaired) electrons. The van der Waals surface area contributed by atoms with Crippen LogP contribution in [0.2, 0.25) is 0 Å². The van der Waals surface area contributed by atoms with Gasteiger partial charge in [0.25, 0.3) is 0 Å². The molecule has 4 nitrogen and oxygen atoms in total. The second-order valence-electron chi connectivity index (χ2n) is 5.01. The molecule has 5 heteroatoms. The molecule has 0 saturated carbocycles. The zero-order valence-corrected chi connectivity index (χ0v) is 11.9. The fourth-order valence-corrected chi connectivity index (χ4v) is 2.25. The largest absolute Gasteiger partial charge is 0.301 e. The van der Waals surface area contributed by atoms with Gasteiger partial charge in [0.2, 0.25) is 0 Å². The van der Waals surface area contributed by atoms with E-state index in [9.17, 15) is 4.39 Å². The predicted octanol–water partition coefficient (Wildman–Crippen LogP) is 3.53. The topological polar surface area (TPSA) is 53.6 Å². The van der Waals surface area contributed by atoms with Gasteiger partial charge in [-0.25, -0.2) is 9.37 Å². The third kappa shape index (κ3) is 3.87. The molecular weight excluding hydrogens is 255 g/mol. The van der Waals surface area contributed by atoms with Crippen LogP contribution in [-0.2, 0) is 0 Å². The molecule has 0 fully saturated rings. The molecule has 0 aliphatic heterocycles. The number of unbranched alkanes of at least 4 members (excludes halogenated alkanes) is 1. The molecule has 0 bridgehead atoms. The van der Waals surface area contributed by atoms with Crippen molar-refractivity contribution in [2.24, 2.45) is 0 Å². The van der Waals surface area contributed by atoms with E-state index in [2.05, 4.69) is 27.4 Å². The lowest BCUT2D eigenvalue weighted by Gasteiger charge is -2.22. The van der Waals surface area contributed by atoms with Crippen LogP contribution in [0.4, 0.5) is 4.39 Å². The van der Waals surface area contributed by atoms with Gasteiger partial charge < -0.3 is 5.32 Å². The number of benzene rings is 1. The van der Waals surface area contributed by atoms with Crippen molar-refractivity contribution in [2.45, 2.75) is 45.2 Å². The first-order valence-corrected chi connectivity index (χ1v) is 7.07. The van der Waals surface area contributed by atoms with Gasteiger partial charge in [-0.15, -0.1) is 0 Å². The van der Waals surface area contributed by atoms with Gasteiger partial charge in [0.05, 0.1) is 6.04 Å². The van der Waals surface area contributed by atoms with Gasteiger partial charge >= 0.3 is 0 Å². The normalized spacial score (nSPS) is 14.2. The van der Waals surface area contributed by atoms with Crippen molar-refractivity contribution in [3.05, 3.63) is 47.8 Å². The smallest absolute Gasteiger partial charge is 0.141 e. The van der Waals surface area contributed by atoms with Crippen molar-refractivity contribution in [3.8, 4) is 0 Å². The van der Waals surface area contributed by atoms with Crippen LogP contribution in [0.5, 0.6) is 0 Å². The highest BCUT2D eigenvalue weighted by Gasteiger charge is 2.16. The van der Waals surface area contributed by atoms with Gasteiger partial charge in [-0.05, 0) is 31.0 Å². The minimum absolute atomic E-state index is 0.0735. The molecule has 2 atom stereocenters. The summed E-state index contributed by atoms with van der Waals surface area (Å²) in [5, 5.41) is 10.3. The predicted molar refractivity (Wildman–Crippen MR) is 76.6 cm³/mol. The Morgan fingerprint density at radius 2 is 2.05 bits per heavy atom. The summed E-state index contributed by atoms with van der Waals surface area (Å²) < 4.78 is 13.0. The SMILES string of the molecule is CCCCC(NC(C)c1ncn[nH]1)c1ccc(F)cc1. The Morgan fingerprint density at radius 3 is 2.65 bits per heavy atom. The molecule has 0 aliphatic rings. The van der Waals surface area contributed by atoms with E-state index < -0.39 is 0 Å². The second-order valence-corrected chi connectivity index (χ2v) is 5.01. The van der Waals surface area contributed by atoms with E-state index in [0.29, 0.717) is 0 Å². The average Bonchev–Trinajstić information content (AvgIpc) is 2.98. The number of nitrogens with zero attached hydrogens (tertiary/aromatic N) is 2. The van der Waals surface area contributed by atoms with E-state index in [-0.39, 0.29) is 17.9 Å². The standard InChI is InChI=1S/C15H21FN4/c1-3-4-5-14(12-6-8-13(16)9-7-12)19-11(2)15-17-10-18-20-15/h6-11,14,19H,3-5H2,1-2H3,(H,17,18,20). The van der Waals surface area contributed by atoms with Crippen LogP contribution in [0.15, 0.2) is 30.6 Å². The molecule has 1 heterocycles. The molecule has 0 spiro atoms. The van der Waals surface area contributed by atoms with Gasteiger partial charge in [0.15, 0.2) is 0 Å². The number of H-pyrrole nitrogens is 1. The lowest BCUT2D eigenvalue weighted by atomic mass is 10.00. The van der Waals surface area contributed by atoms with Crippen molar-refractivity contribution in [2.75, 3.05) is 0 Å². The molecule has 2 unspecified atom stereocenters. The molecule has 2 aromatic rings. The van der Waals surface area contributed by atoms with Gasteiger partial charge in [-0.1, -0.05) is 31.9 Å². The van der Waals surface area contributed by atoms with Crippen molar-refractivity contribution < 1.29 is 4.39 Å². The highest BCUT2D eigenvalue weighted by atomic mass is 19.1. The third-order valence-corrected chi connectivity index (χ3v) is 3.41. The summed E-state index contributed by atoms with van der Waals surface area (Å²) >= 11 is 0. The number of aromatic amines is 1. The van der Waals surface area contributed by atoms with Crippen LogP contribution in [0.1, 0.15) is 56.6 Å². The summed E-state index contributed by atoms with van der Waals surface area (Å²) in [7, 11) is 0. The number of aromatic nitrogens is 3. The van der Waals surface area contributed by atoms with Crippen LogP contribution >= 0.6 is 0 Å². The lowest BCUT2D eigenvalue weighted by Crippen LogP contribution is -2.25. The monoisotopic (exact) mass is 276 g/mol. The quantitative estimate of drug-likeness (QED) is 0.813. The Hall–Kier alpha value is -1.75. The van der Waals surface area contributed by atoms with Crippen LogP contribution in [0.3, 0.4) is 0 Å². The first kappa shape index (κ1) is 14.7. The fourth-order valence-electron chi connectivity index (χ4n) is 2.25. The van der Waals surface area contributed by atoms with E-state index in [1.807, 2.05) is 19.1 Å². The maximum absolute atomic E-state index is 13.0. The Bertz CT molecular complexity index is 495. The highest BCUT2D eigenvalue weighted by molar-refractivity contribution is 5.20. The number of rotatable bonds is 7. The summed E-state index contributed by atoms with van der Waals surface area (Å²) in [6.45, 7) is 4.21. The minimum atomic E-state index is -0.203. The zero-order chi connectivity index (χ0) is 14.4. The summed E-state index contributed by atoms with van der Waals surface area (Å²) in [5.41, 5.74) is 1.10. The van der Waals surface area contributed by atoms with Crippen molar-refractivity contribution >= 4 is 0 Å². The minimum Gasteiger partial charge on any atom is -0.301 e. The Labute approximate surface area is 118 Å². The van der Waals surface area contributed by atoms with Gasteiger partial charge in [0.1, 0.15) is 18.0 Å². The maximum atomic E-state index is 13.0. The zero-order valence-electron chi connectivity index (χ0n) is 11.9. The van der Waals surface area contributed by atoms with Gasteiger partial charge in [0, 0.05) is 6.04 Å².